The van der Waals surface area contributed by atoms with Gasteiger partial charge in [-0.25, -0.2) is 0 Å². The number of amides is 2. The van der Waals surface area contributed by atoms with Crippen molar-refractivity contribution in [2.75, 3.05) is 49.7 Å². The molecule has 0 bridgehead atoms. The van der Waals surface area contributed by atoms with Gasteiger partial charge in [-0.2, -0.15) is 0 Å². The Labute approximate surface area is 278 Å². The summed E-state index contributed by atoms with van der Waals surface area (Å²) < 4.78 is 20.7. The smallest absolute Gasteiger partial charge is 0.247 e. The molecule has 0 spiro atoms. The zero-order valence-electron chi connectivity index (χ0n) is 24.8. The zero-order valence-corrected chi connectivity index (χ0v) is 31.4. The molecular formula is C26H38Cl2N2O6P2S4. The van der Waals surface area contributed by atoms with Crippen molar-refractivity contribution in [3.05, 3.63) is 58.6 Å². The Bertz CT molecular complexity index is 1130. The Balaban J connectivity index is 0.000000420. The minimum absolute atomic E-state index is 0.0298. The van der Waals surface area contributed by atoms with Crippen molar-refractivity contribution < 1.29 is 27.7 Å². The van der Waals surface area contributed by atoms with Gasteiger partial charge in [0.05, 0.1) is 11.5 Å². The lowest BCUT2D eigenvalue weighted by Gasteiger charge is -2.27. The molecule has 0 atom stereocenters. The summed E-state index contributed by atoms with van der Waals surface area (Å²) in [5.74, 6) is 0.334. The van der Waals surface area contributed by atoms with E-state index in [-0.39, 0.29) is 35.4 Å². The lowest BCUT2D eigenvalue weighted by Crippen LogP contribution is -2.38. The van der Waals surface area contributed by atoms with E-state index in [0.29, 0.717) is 10.0 Å². The van der Waals surface area contributed by atoms with E-state index in [9.17, 15) is 9.59 Å². The SMILES string of the molecule is COP(=S)(OC)SCC(=O)N(c1ccc(Cl)cc1)C(C)C.COP(=S)(OC)SCC(=O)N(c1ccc(Cl)cc1)C(C)C. The third-order valence-electron chi connectivity index (χ3n) is 5.37. The van der Waals surface area contributed by atoms with E-state index in [2.05, 4.69) is 0 Å². The summed E-state index contributed by atoms with van der Waals surface area (Å²) in [5.41, 5.74) is -3.23. The molecule has 42 heavy (non-hydrogen) atoms. The Morgan fingerprint density at radius 1 is 0.667 bits per heavy atom. The van der Waals surface area contributed by atoms with Crippen LogP contribution in [0.2, 0.25) is 10.0 Å². The molecule has 0 saturated carbocycles. The standard InChI is InChI=1S/2C13H19ClNO3PS2/c2*1-10(2)15(12-7-5-11(14)6-8-12)13(16)9-21-19(20,17-3)18-4/h2*5-8,10H,9H2,1-4H3. The van der Waals surface area contributed by atoms with Crippen molar-refractivity contribution in [3.8, 4) is 0 Å². The lowest BCUT2D eigenvalue weighted by molar-refractivity contribution is -0.117. The Morgan fingerprint density at radius 2 is 0.929 bits per heavy atom. The maximum absolute atomic E-state index is 12.5. The molecule has 0 aromatic heterocycles. The highest BCUT2D eigenvalue weighted by molar-refractivity contribution is 8.68. The topological polar surface area (TPSA) is 77.5 Å². The van der Waals surface area contributed by atoms with Gasteiger partial charge in [-0.15, -0.1) is 0 Å². The summed E-state index contributed by atoms with van der Waals surface area (Å²) in [5, 5.41) is 1.28. The zero-order chi connectivity index (χ0) is 32.1. The molecule has 0 aliphatic carbocycles. The maximum Gasteiger partial charge on any atom is 0.247 e. The lowest BCUT2D eigenvalue weighted by atomic mass is 10.2. The first-order valence-electron chi connectivity index (χ1n) is 12.5. The van der Waals surface area contributed by atoms with E-state index in [1.807, 2.05) is 52.0 Å². The summed E-state index contributed by atoms with van der Waals surface area (Å²) >= 11 is 24.7. The van der Waals surface area contributed by atoms with Gasteiger partial charge in [0.15, 0.2) is 0 Å². The van der Waals surface area contributed by atoms with Gasteiger partial charge in [-0.3, -0.25) is 9.59 Å². The normalized spacial score (nSPS) is 11.7. The third kappa shape index (κ3) is 13.0. The van der Waals surface area contributed by atoms with Gasteiger partial charge in [-0.1, -0.05) is 46.0 Å². The summed E-state index contributed by atoms with van der Waals surface area (Å²) in [6.07, 6.45) is 0. The number of carbonyl (C=O) groups is 2. The minimum Gasteiger partial charge on any atom is -0.325 e. The molecule has 2 aromatic rings. The number of hydrogen-bond acceptors (Lipinski definition) is 10. The van der Waals surface area contributed by atoms with Crippen LogP contribution >= 0.6 is 57.4 Å². The van der Waals surface area contributed by atoms with Crippen LogP contribution in [0.4, 0.5) is 11.4 Å². The molecule has 0 fully saturated rings. The molecule has 0 saturated heterocycles. The number of rotatable bonds is 14. The van der Waals surface area contributed by atoms with Crippen LogP contribution in [0.25, 0.3) is 0 Å². The molecule has 8 nitrogen and oxygen atoms in total. The van der Waals surface area contributed by atoms with Crippen LogP contribution in [-0.4, -0.2) is 63.8 Å². The van der Waals surface area contributed by atoms with Crippen LogP contribution in [0.1, 0.15) is 27.7 Å². The number of carbonyl (C=O) groups excluding carboxylic acids is 2. The monoisotopic (exact) mass is 734 g/mol. The highest BCUT2D eigenvalue weighted by Crippen LogP contribution is 2.60. The van der Waals surface area contributed by atoms with Crippen molar-refractivity contribution >= 4 is 104 Å². The van der Waals surface area contributed by atoms with Gasteiger partial charge < -0.3 is 27.9 Å². The van der Waals surface area contributed by atoms with E-state index in [1.54, 1.807) is 34.1 Å². The molecule has 236 valence electrons. The molecule has 0 unspecified atom stereocenters. The predicted molar refractivity (Wildman–Crippen MR) is 190 cm³/mol. The second-order valence-corrected chi connectivity index (χ2v) is 22.8. The first kappa shape index (κ1) is 39.8. The molecule has 0 N–H and O–H groups in total. The average Bonchev–Trinajstić information content (AvgIpc) is 2.97. The van der Waals surface area contributed by atoms with E-state index < -0.39 is 11.4 Å². The van der Waals surface area contributed by atoms with Crippen molar-refractivity contribution in [2.24, 2.45) is 0 Å². The molecule has 0 radical (unpaired) electrons. The number of benzene rings is 2. The van der Waals surface area contributed by atoms with Gasteiger partial charge in [0, 0.05) is 61.9 Å². The molecule has 2 amide bonds. The summed E-state index contributed by atoms with van der Waals surface area (Å²) in [4.78, 5) is 28.4. The van der Waals surface area contributed by atoms with E-state index in [4.69, 9.17) is 64.9 Å². The van der Waals surface area contributed by atoms with Crippen LogP contribution in [0.15, 0.2) is 48.5 Å². The van der Waals surface area contributed by atoms with Crippen molar-refractivity contribution in [2.45, 2.75) is 39.8 Å². The third-order valence-corrected chi connectivity index (χ3v) is 17.2. The van der Waals surface area contributed by atoms with Gasteiger partial charge in [0.25, 0.3) is 0 Å². The number of anilines is 2. The molecule has 16 heteroatoms. The highest BCUT2D eigenvalue weighted by atomic mass is 35.5. The second kappa shape index (κ2) is 19.3. The Morgan fingerprint density at radius 3 is 1.14 bits per heavy atom. The fourth-order valence-corrected chi connectivity index (χ4v) is 9.04. The number of hydrogen-bond donors (Lipinski definition) is 0. The molecular weight excluding hydrogens is 697 g/mol. The fraction of sp³-hybridized carbons (Fsp3) is 0.462. The van der Waals surface area contributed by atoms with Crippen molar-refractivity contribution in [1.82, 2.24) is 0 Å². The Kier molecular flexibility index (Phi) is 18.3. The summed E-state index contributed by atoms with van der Waals surface area (Å²) in [6, 6.07) is 14.4. The molecule has 2 aromatic carbocycles. The molecule has 0 heterocycles. The fourth-order valence-electron chi connectivity index (χ4n) is 3.43. The van der Waals surface area contributed by atoms with Crippen LogP contribution in [0.5, 0.6) is 0 Å². The van der Waals surface area contributed by atoms with Gasteiger partial charge in [-0.05, 0) is 99.8 Å². The first-order chi connectivity index (χ1) is 19.7. The quantitative estimate of drug-likeness (QED) is 0.176. The Hall–Kier alpha value is -0.200. The van der Waals surface area contributed by atoms with Gasteiger partial charge in [0.1, 0.15) is 0 Å². The maximum atomic E-state index is 12.5. The van der Waals surface area contributed by atoms with Crippen LogP contribution in [0.3, 0.4) is 0 Å². The average molecular weight is 736 g/mol. The van der Waals surface area contributed by atoms with E-state index in [1.165, 1.54) is 51.2 Å². The largest absolute Gasteiger partial charge is 0.325 e. The van der Waals surface area contributed by atoms with E-state index in [0.717, 1.165) is 11.4 Å². The van der Waals surface area contributed by atoms with Crippen LogP contribution in [-0.2, 0) is 51.3 Å². The van der Waals surface area contributed by atoms with Crippen molar-refractivity contribution in [1.29, 1.82) is 0 Å². The number of halogens is 2. The first-order valence-corrected chi connectivity index (χ1v) is 21.7. The highest BCUT2D eigenvalue weighted by Gasteiger charge is 2.25. The van der Waals surface area contributed by atoms with Crippen molar-refractivity contribution in [3.63, 3.8) is 0 Å². The van der Waals surface area contributed by atoms with Gasteiger partial charge >= 0.3 is 0 Å². The van der Waals surface area contributed by atoms with E-state index >= 15 is 0 Å². The van der Waals surface area contributed by atoms with Gasteiger partial charge in [0.2, 0.25) is 23.2 Å². The molecule has 0 aliphatic rings. The molecule has 0 aliphatic heterocycles. The molecule has 2 rings (SSSR count). The second-order valence-electron chi connectivity index (χ2n) is 8.84. The number of nitrogens with zero attached hydrogens (tertiary/aromatic N) is 2. The predicted octanol–water partition coefficient (Wildman–Crippen LogP) is 8.66. The summed E-state index contributed by atoms with van der Waals surface area (Å²) in [7, 11) is 6.00. The van der Waals surface area contributed by atoms with Crippen LogP contribution < -0.4 is 9.80 Å². The summed E-state index contributed by atoms with van der Waals surface area (Å²) in [6.45, 7) is 7.83. The van der Waals surface area contributed by atoms with Crippen LogP contribution in [0, 0.1) is 0 Å². The minimum atomic E-state index is -2.42.